The van der Waals surface area contributed by atoms with Gasteiger partial charge in [-0.25, -0.2) is 4.79 Å². The Morgan fingerprint density at radius 2 is 2.16 bits per heavy atom. The molecule has 25 heavy (non-hydrogen) atoms. The normalized spacial score (nSPS) is 10.6. The SMILES string of the molecule is COCCCNC(=S)N(C)NC(=O)CCn1c(=O)oc2ccccc21. The summed E-state index contributed by atoms with van der Waals surface area (Å²) >= 11 is 5.18. The first-order valence-corrected chi connectivity index (χ1v) is 8.32. The number of hydrogen-bond donors (Lipinski definition) is 2. The number of hydrogen-bond acceptors (Lipinski definition) is 5. The summed E-state index contributed by atoms with van der Waals surface area (Å²) in [6.45, 7) is 1.52. The molecule has 8 nitrogen and oxygen atoms in total. The van der Waals surface area contributed by atoms with Gasteiger partial charge in [0.25, 0.3) is 0 Å². The van der Waals surface area contributed by atoms with E-state index in [4.69, 9.17) is 21.4 Å². The van der Waals surface area contributed by atoms with Crippen LogP contribution in [-0.4, -0.2) is 47.9 Å². The van der Waals surface area contributed by atoms with Crippen LogP contribution >= 0.6 is 12.2 Å². The van der Waals surface area contributed by atoms with E-state index < -0.39 is 5.76 Å². The minimum atomic E-state index is -0.474. The molecule has 1 aromatic carbocycles. The number of para-hydroxylation sites is 2. The highest BCUT2D eigenvalue weighted by Crippen LogP contribution is 2.11. The van der Waals surface area contributed by atoms with Gasteiger partial charge in [0.2, 0.25) is 5.91 Å². The van der Waals surface area contributed by atoms with Crippen LogP contribution in [0.2, 0.25) is 0 Å². The predicted molar refractivity (Wildman–Crippen MR) is 98.1 cm³/mol. The monoisotopic (exact) mass is 366 g/mol. The zero-order valence-electron chi connectivity index (χ0n) is 14.3. The Bertz CT molecular complexity index is 786. The van der Waals surface area contributed by atoms with Crippen LogP contribution in [0, 0.1) is 0 Å². The van der Waals surface area contributed by atoms with E-state index >= 15 is 0 Å². The first-order valence-electron chi connectivity index (χ1n) is 7.91. The molecule has 0 unspecified atom stereocenters. The van der Waals surface area contributed by atoms with Crippen LogP contribution in [0.15, 0.2) is 33.5 Å². The topological polar surface area (TPSA) is 88.7 Å². The van der Waals surface area contributed by atoms with Crippen molar-refractivity contribution < 1.29 is 13.9 Å². The highest BCUT2D eigenvalue weighted by molar-refractivity contribution is 7.80. The summed E-state index contributed by atoms with van der Waals surface area (Å²) in [7, 11) is 3.29. The van der Waals surface area contributed by atoms with Crippen molar-refractivity contribution in [1.29, 1.82) is 0 Å². The number of methoxy groups -OCH3 is 1. The fourth-order valence-electron chi connectivity index (χ4n) is 2.26. The van der Waals surface area contributed by atoms with E-state index in [0.29, 0.717) is 29.4 Å². The van der Waals surface area contributed by atoms with Gasteiger partial charge in [0, 0.05) is 40.3 Å². The van der Waals surface area contributed by atoms with Crippen LogP contribution < -0.4 is 16.5 Å². The lowest BCUT2D eigenvalue weighted by Crippen LogP contribution is -2.48. The maximum atomic E-state index is 12.1. The third-order valence-electron chi connectivity index (χ3n) is 3.53. The number of carbonyl (C=O) groups excluding carboxylic acids is 1. The van der Waals surface area contributed by atoms with E-state index in [2.05, 4.69) is 10.7 Å². The first kappa shape index (κ1) is 18.9. The van der Waals surface area contributed by atoms with Crippen LogP contribution in [-0.2, 0) is 16.1 Å². The molecule has 9 heteroatoms. The van der Waals surface area contributed by atoms with Crippen LogP contribution in [0.1, 0.15) is 12.8 Å². The second kappa shape index (κ2) is 9.19. The summed E-state index contributed by atoms with van der Waals surface area (Å²) in [5.41, 5.74) is 3.84. The number of aromatic nitrogens is 1. The van der Waals surface area contributed by atoms with Gasteiger partial charge in [-0.05, 0) is 30.8 Å². The smallest absolute Gasteiger partial charge is 0.408 e. The molecule has 1 amide bonds. The number of amides is 1. The average molecular weight is 366 g/mol. The fourth-order valence-corrected chi connectivity index (χ4v) is 2.41. The summed E-state index contributed by atoms with van der Waals surface area (Å²) in [6.07, 6.45) is 0.939. The lowest BCUT2D eigenvalue weighted by Gasteiger charge is -2.21. The van der Waals surface area contributed by atoms with Crippen LogP contribution in [0.4, 0.5) is 0 Å². The number of aryl methyl sites for hydroxylation is 1. The molecule has 2 rings (SSSR count). The zero-order chi connectivity index (χ0) is 18.2. The molecule has 0 bridgehead atoms. The minimum Gasteiger partial charge on any atom is -0.408 e. The van der Waals surface area contributed by atoms with Crippen molar-refractivity contribution in [2.24, 2.45) is 0 Å². The van der Waals surface area contributed by atoms with E-state index in [0.717, 1.165) is 6.42 Å². The van der Waals surface area contributed by atoms with Gasteiger partial charge in [0.1, 0.15) is 0 Å². The second-order valence-electron chi connectivity index (χ2n) is 5.41. The molecular weight excluding hydrogens is 344 g/mol. The zero-order valence-corrected chi connectivity index (χ0v) is 15.1. The Morgan fingerprint density at radius 3 is 2.92 bits per heavy atom. The summed E-state index contributed by atoms with van der Waals surface area (Å²) < 4.78 is 11.5. The average Bonchev–Trinajstić information content (AvgIpc) is 2.91. The Kier molecular flexibility index (Phi) is 6.96. The van der Waals surface area contributed by atoms with Crippen LogP contribution in [0.3, 0.4) is 0 Å². The first-order chi connectivity index (χ1) is 12.0. The molecule has 0 radical (unpaired) electrons. The highest BCUT2D eigenvalue weighted by Gasteiger charge is 2.12. The quantitative estimate of drug-likeness (QED) is 0.427. The van der Waals surface area contributed by atoms with Gasteiger partial charge in [-0.2, -0.15) is 0 Å². The van der Waals surface area contributed by atoms with Gasteiger partial charge in [0.15, 0.2) is 10.7 Å². The molecule has 0 saturated carbocycles. The van der Waals surface area contributed by atoms with E-state index in [1.165, 1.54) is 9.58 Å². The molecule has 0 aliphatic rings. The van der Waals surface area contributed by atoms with Crippen molar-refractivity contribution in [2.75, 3.05) is 27.3 Å². The van der Waals surface area contributed by atoms with Gasteiger partial charge in [-0.15, -0.1) is 0 Å². The summed E-state index contributed by atoms with van der Waals surface area (Å²) in [6, 6.07) is 7.10. The lowest BCUT2D eigenvalue weighted by atomic mass is 10.3. The number of nitrogens with zero attached hydrogens (tertiary/aromatic N) is 2. The number of nitrogens with one attached hydrogen (secondary N) is 2. The second-order valence-corrected chi connectivity index (χ2v) is 5.80. The number of carbonyl (C=O) groups is 1. The van der Waals surface area contributed by atoms with Crippen molar-refractivity contribution in [3.05, 3.63) is 34.8 Å². The molecule has 0 saturated heterocycles. The van der Waals surface area contributed by atoms with Crippen molar-refractivity contribution in [3.63, 3.8) is 0 Å². The maximum Gasteiger partial charge on any atom is 0.419 e. The largest absolute Gasteiger partial charge is 0.419 e. The number of benzene rings is 1. The van der Waals surface area contributed by atoms with Crippen LogP contribution in [0.5, 0.6) is 0 Å². The fraction of sp³-hybridized carbons (Fsp3) is 0.438. The van der Waals surface area contributed by atoms with Crippen molar-refractivity contribution in [3.8, 4) is 0 Å². The Balaban J connectivity index is 1.82. The van der Waals surface area contributed by atoms with Gasteiger partial charge in [0.05, 0.1) is 5.52 Å². The number of rotatable bonds is 7. The standard InChI is InChI=1S/C16H22N4O4S/c1-19(15(25)17-9-5-11-23-2)18-14(21)8-10-20-12-6-3-4-7-13(12)24-16(20)22/h3-4,6-7H,5,8-11H2,1-2H3,(H,17,25)(H,18,21). The summed E-state index contributed by atoms with van der Waals surface area (Å²) in [4.78, 5) is 23.9. The number of hydrazine groups is 1. The van der Waals surface area contributed by atoms with E-state index in [1.807, 2.05) is 6.07 Å². The highest BCUT2D eigenvalue weighted by atomic mass is 32.1. The number of thiocarbonyl (C=S) groups is 1. The number of fused-ring (bicyclic) bond motifs is 1. The van der Waals surface area contributed by atoms with Gasteiger partial charge in [-0.1, -0.05) is 12.1 Å². The van der Waals surface area contributed by atoms with Gasteiger partial charge in [-0.3, -0.25) is 19.8 Å². The molecule has 2 N–H and O–H groups in total. The third-order valence-corrected chi connectivity index (χ3v) is 3.95. The molecule has 0 spiro atoms. The molecule has 0 aliphatic heterocycles. The Hall–Kier alpha value is -2.39. The molecule has 136 valence electrons. The predicted octanol–water partition coefficient (Wildman–Crippen LogP) is 0.859. The molecule has 0 fully saturated rings. The molecule has 0 aliphatic carbocycles. The van der Waals surface area contributed by atoms with Crippen molar-refractivity contribution in [2.45, 2.75) is 19.4 Å². The Labute approximate surface area is 150 Å². The molecular formula is C16H22N4O4S. The maximum absolute atomic E-state index is 12.1. The van der Waals surface area contributed by atoms with E-state index in [-0.39, 0.29) is 18.9 Å². The van der Waals surface area contributed by atoms with E-state index in [1.54, 1.807) is 32.4 Å². The lowest BCUT2D eigenvalue weighted by molar-refractivity contribution is -0.124. The van der Waals surface area contributed by atoms with Crippen molar-refractivity contribution in [1.82, 2.24) is 20.3 Å². The molecule has 1 aromatic heterocycles. The summed E-state index contributed by atoms with van der Waals surface area (Å²) in [5.74, 6) is -0.724. The third kappa shape index (κ3) is 5.30. The van der Waals surface area contributed by atoms with E-state index in [9.17, 15) is 9.59 Å². The minimum absolute atomic E-state index is 0.125. The Morgan fingerprint density at radius 1 is 1.40 bits per heavy atom. The molecule has 2 aromatic rings. The summed E-state index contributed by atoms with van der Waals surface area (Å²) in [5, 5.41) is 4.88. The number of ether oxygens (including phenoxy) is 1. The van der Waals surface area contributed by atoms with Crippen molar-refractivity contribution >= 4 is 34.3 Å². The van der Waals surface area contributed by atoms with Gasteiger partial charge >= 0.3 is 5.76 Å². The molecule has 1 heterocycles. The molecule has 0 atom stereocenters. The van der Waals surface area contributed by atoms with Crippen LogP contribution in [0.25, 0.3) is 11.1 Å². The number of oxazole rings is 1. The van der Waals surface area contributed by atoms with Gasteiger partial charge < -0.3 is 14.5 Å².